The lowest BCUT2D eigenvalue weighted by atomic mass is 10.1. The number of rotatable bonds is 3. The first kappa shape index (κ1) is 16.0. The molecule has 1 aliphatic heterocycles. The largest absolute Gasteiger partial charge is 0.510 e. The number of aromatic nitrogens is 2. The number of ether oxygens (including phenoxy) is 1. The molecule has 1 saturated heterocycles. The summed E-state index contributed by atoms with van der Waals surface area (Å²) in [6.45, 7) is 1.79. The standard InChI is InChI=1S/C12H15BrN2O6/c1-2-3-6(16)9-7(17)8(18)11(21-9)15-4-5(13)10(19)14-12(15)20/h3-4,7-9,11,16-18H,2H2,1H3,(H,14,19,20)/t7-,8+,9+,11+/m0/s1. The second-order valence-corrected chi connectivity index (χ2v) is 5.46. The fourth-order valence-electron chi connectivity index (χ4n) is 2.11. The summed E-state index contributed by atoms with van der Waals surface area (Å²) in [6, 6.07) is 0. The molecule has 0 saturated carbocycles. The number of allylic oxidation sites excluding steroid dienone is 1. The summed E-state index contributed by atoms with van der Waals surface area (Å²) in [5.74, 6) is -0.219. The fraction of sp³-hybridized carbons (Fsp3) is 0.500. The summed E-state index contributed by atoms with van der Waals surface area (Å²) in [6.07, 6.45) is -2.07. The maximum atomic E-state index is 11.8. The summed E-state index contributed by atoms with van der Waals surface area (Å²) in [4.78, 5) is 25.1. The van der Waals surface area contributed by atoms with Gasteiger partial charge in [-0.05, 0) is 28.4 Å². The average Bonchev–Trinajstić information content (AvgIpc) is 2.71. The molecule has 0 aromatic carbocycles. The van der Waals surface area contributed by atoms with Crippen molar-refractivity contribution in [3.63, 3.8) is 0 Å². The van der Waals surface area contributed by atoms with Crippen molar-refractivity contribution in [1.82, 2.24) is 9.55 Å². The van der Waals surface area contributed by atoms with Gasteiger partial charge in [-0.3, -0.25) is 14.3 Å². The van der Waals surface area contributed by atoms with E-state index in [2.05, 4.69) is 15.9 Å². The van der Waals surface area contributed by atoms with Gasteiger partial charge in [0.15, 0.2) is 6.23 Å². The zero-order valence-corrected chi connectivity index (χ0v) is 12.6. The molecule has 0 radical (unpaired) electrons. The average molecular weight is 363 g/mol. The minimum Gasteiger partial charge on any atom is -0.510 e. The normalized spacial score (nSPS) is 29.8. The Bertz CT molecular complexity index is 666. The quantitative estimate of drug-likeness (QED) is 0.550. The third kappa shape index (κ3) is 2.95. The lowest BCUT2D eigenvalue weighted by Gasteiger charge is -2.17. The third-order valence-electron chi connectivity index (χ3n) is 3.14. The second-order valence-electron chi connectivity index (χ2n) is 4.61. The molecule has 4 atom stereocenters. The lowest BCUT2D eigenvalue weighted by molar-refractivity contribution is -0.0392. The molecular formula is C12H15BrN2O6. The van der Waals surface area contributed by atoms with Crippen LogP contribution in [0.3, 0.4) is 0 Å². The Kier molecular flexibility index (Phi) is 4.67. The molecule has 0 unspecified atom stereocenters. The molecule has 1 aliphatic rings. The number of H-pyrrole nitrogens is 1. The van der Waals surface area contributed by atoms with Crippen LogP contribution in [0, 0.1) is 0 Å². The maximum Gasteiger partial charge on any atom is 0.330 e. The van der Waals surface area contributed by atoms with Crippen molar-refractivity contribution >= 4 is 15.9 Å². The Morgan fingerprint density at radius 3 is 2.76 bits per heavy atom. The zero-order valence-electron chi connectivity index (χ0n) is 11.1. The van der Waals surface area contributed by atoms with E-state index in [0.29, 0.717) is 6.42 Å². The van der Waals surface area contributed by atoms with Crippen LogP contribution >= 0.6 is 15.9 Å². The molecule has 9 heteroatoms. The molecule has 0 amide bonds. The smallest absolute Gasteiger partial charge is 0.330 e. The highest BCUT2D eigenvalue weighted by Gasteiger charge is 2.46. The summed E-state index contributed by atoms with van der Waals surface area (Å²) in [7, 11) is 0. The van der Waals surface area contributed by atoms with Gasteiger partial charge in [-0.25, -0.2) is 4.79 Å². The summed E-state index contributed by atoms with van der Waals surface area (Å²) >= 11 is 2.97. The van der Waals surface area contributed by atoms with Crippen LogP contribution in [0.25, 0.3) is 0 Å². The SMILES string of the molecule is CCC=C(O)[C@H]1O[C@@H](n2cc(Br)c(=O)[nH]c2=O)[C@H](O)[C@@H]1O. The first-order chi connectivity index (χ1) is 9.86. The minimum atomic E-state index is -1.43. The highest BCUT2D eigenvalue weighted by atomic mass is 79.9. The predicted octanol–water partition coefficient (Wildman–Crippen LogP) is -0.230. The van der Waals surface area contributed by atoms with Crippen LogP contribution in [0.15, 0.2) is 32.1 Å². The van der Waals surface area contributed by atoms with Crippen molar-refractivity contribution in [2.24, 2.45) is 0 Å². The van der Waals surface area contributed by atoms with Crippen LogP contribution in [0.4, 0.5) is 0 Å². The molecule has 0 bridgehead atoms. The molecule has 0 spiro atoms. The van der Waals surface area contributed by atoms with E-state index in [1.165, 1.54) is 6.08 Å². The van der Waals surface area contributed by atoms with Gasteiger partial charge in [-0.15, -0.1) is 0 Å². The van der Waals surface area contributed by atoms with E-state index in [1.807, 2.05) is 4.98 Å². The van der Waals surface area contributed by atoms with Crippen LogP contribution in [-0.4, -0.2) is 43.2 Å². The van der Waals surface area contributed by atoms with E-state index >= 15 is 0 Å². The van der Waals surface area contributed by atoms with Crippen molar-refractivity contribution in [2.45, 2.75) is 37.9 Å². The van der Waals surface area contributed by atoms with Crippen LogP contribution in [0.2, 0.25) is 0 Å². The lowest BCUT2D eigenvalue weighted by Crippen LogP contribution is -2.38. The van der Waals surface area contributed by atoms with Crippen LogP contribution in [-0.2, 0) is 4.74 Å². The Morgan fingerprint density at radius 1 is 1.48 bits per heavy atom. The number of hydrogen-bond acceptors (Lipinski definition) is 6. The monoisotopic (exact) mass is 362 g/mol. The third-order valence-corrected chi connectivity index (χ3v) is 3.71. The van der Waals surface area contributed by atoms with Gasteiger partial charge in [0.25, 0.3) is 5.56 Å². The van der Waals surface area contributed by atoms with Gasteiger partial charge in [0.05, 0.1) is 4.47 Å². The molecular weight excluding hydrogens is 348 g/mol. The summed E-state index contributed by atoms with van der Waals surface area (Å²) in [5, 5.41) is 29.7. The first-order valence-corrected chi connectivity index (χ1v) is 7.07. The number of nitrogens with one attached hydrogen (secondary N) is 1. The minimum absolute atomic E-state index is 0.0733. The van der Waals surface area contributed by atoms with E-state index in [0.717, 1.165) is 10.8 Å². The van der Waals surface area contributed by atoms with Gasteiger partial charge >= 0.3 is 5.69 Å². The van der Waals surface area contributed by atoms with Crippen molar-refractivity contribution in [2.75, 3.05) is 0 Å². The van der Waals surface area contributed by atoms with Gasteiger partial charge in [0, 0.05) is 6.20 Å². The highest BCUT2D eigenvalue weighted by molar-refractivity contribution is 9.10. The number of aliphatic hydroxyl groups is 3. The van der Waals surface area contributed by atoms with Crippen molar-refractivity contribution < 1.29 is 20.1 Å². The Balaban J connectivity index is 2.38. The van der Waals surface area contributed by atoms with Crippen molar-refractivity contribution in [1.29, 1.82) is 0 Å². The van der Waals surface area contributed by atoms with E-state index in [1.54, 1.807) is 6.92 Å². The molecule has 0 aliphatic carbocycles. The van der Waals surface area contributed by atoms with E-state index in [-0.39, 0.29) is 10.2 Å². The molecule has 2 heterocycles. The molecule has 1 aromatic heterocycles. The topological polar surface area (TPSA) is 125 Å². The van der Waals surface area contributed by atoms with Crippen LogP contribution < -0.4 is 11.2 Å². The molecule has 4 N–H and O–H groups in total. The molecule has 8 nitrogen and oxygen atoms in total. The van der Waals surface area contributed by atoms with E-state index in [4.69, 9.17) is 4.74 Å². The number of hydrogen-bond donors (Lipinski definition) is 4. The van der Waals surface area contributed by atoms with Crippen molar-refractivity contribution in [3.8, 4) is 0 Å². The van der Waals surface area contributed by atoms with E-state index in [9.17, 15) is 24.9 Å². The van der Waals surface area contributed by atoms with Crippen molar-refractivity contribution in [3.05, 3.63) is 43.3 Å². The number of aliphatic hydroxyl groups excluding tert-OH is 3. The molecule has 21 heavy (non-hydrogen) atoms. The van der Waals surface area contributed by atoms with Crippen LogP contribution in [0.1, 0.15) is 19.6 Å². The molecule has 1 fully saturated rings. The highest BCUT2D eigenvalue weighted by Crippen LogP contribution is 2.31. The van der Waals surface area contributed by atoms with E-state index < -0.39 is 35.8 Å². The second kappa shape index (κ2) is 6.14. The van der Waals surface area contributed by atoms with Crippen LogP contribution in [0.5, 0.6) is 0 Å². The summed E-state index contributed by atoms with van der Waals surface area (Å²) in [5.41, 5.74) is -1.41. The molecule has 1 aromatic rings. The van der Waals surface area contributed by atoms with Gasteiger partial charge in [0.2, 0.25) is 0 Å². The van der Waals surface area contributed by atoms with Gasteiger partial charge in [0.1, 0.15) is 24.1 Å². The maximum absolute atomic E-state index is 11.8. The zero-order chi connectivity index (χ0) is 15.7. The predicted molar refractivity (Wildman–Crippen MR) is 75.9 cm³/mol. The van der Waals surface area contributed by atoms with Gasteiger partial charge in [-0.1, -0.05) is 6.92 Å². The molecule has 2 rings (SSSR count). The van der Waals surface area contributed by atoms with Gasteiger partial charge in [-0.2, -0.15) is 0 Å². The Morgan fingerprint density at radius 2 is 2.14 bits per heavy atom. The number of halogens is 1. The fourth-order valence-corrected chi connectivity index (χ4v) is 2.43. The Labute approximate surface area is 127 Å². The molecule has 116 valence electrons. The van der Waals surface area contributed by atoms with Gasteiger partial charge < -0.3 is 20.1 Å². The number of nitrogens with zero attached hydrogens (tertiary/aromatic N) is 1. The number of aromatic amines is 1. The first-order valence-electron chi connectivity index (χ1n) is 6.28. The summed E-state index contributed by atoms with van der Waals surface area (Å²) < 4.78 is 6.38. The Hall–Kier alpha value is -1.42.